The zero-order valence-corrected chi connectivity index (χ0v) is 12.2. The van der Waals surface area contributed by atoms with E-state index >= 15 is 0 Å². The molecule has 0 aromatic heterocycles. The molecular formula is C15H11BrF4O. The monoisotopic (exact) mass is 362 g/mol. The molecule has 1 atom stereocenters. The van der Waals surface area contributed by atoms with E-state index in [0.29, 0.717) is 10.0 Å². The predicted octanol–water partition coefficient (Wildman–Crippen LogP) is 4.88. The minimum absolute atomic E-state index is 0.0477. The smallest absolute Gasteiger partial charge is 0.388 e. The molecule has 2 aromatic carbocycles. The molecule has 21 heavy (non-hydrogen) atoms. The van der Waals surface area contributed by atoms with Crippen LogP contribution < -0.4 is 0 Å². The van der Waals surface area contributed by atoms with Crippen LogP contribution in [0.3, 0.4) is 0 Å². The molecule has 2 rings (SSSR count). The summed E-state index contributed by atoms with van der Waals surface area (Å²) in [7, 11) is 0. The van der Waals surface area contributed by atoms with Crippen molar-refractivity contribution in [1.82, 2.24) is 0 Å². The topological polar surface area (TPSA) is 20.2 Å². The fourth-order valence-corrected chi connectivity index (χ4v) is 2.56. The van der Waals surface area contributed by atoms with Crippen molar-refractivity contribution in [2.45, 2.75) is 18.7 Å². The number of aliphatic hydroxyl groups excluding tert-OH is 1. The Hall–Kier alpha value is -1.40. The Kier molecular flexibility index (Phi) is 4.68. The lowest BCUT2D eigenvalue weighted by atomic mass is 9.97. The molecule has 0 saturated heterocycles. The van der Waals surface area contributed by atoms with Crippen LogP contribution in [0.15, 0.2) is 46.9 Å². The van der Waals surface area contributed by atoms with E-state index in [1.54, 1.807) is 0 Å². The molecule has 112 valence electrons. The summed E-state index contributed by atoms with van der Waals surface area (Å²) in [5.74, 6) is -0.462. The second-order valence-electron chi connectivity index (χ2n) is 4.54. The van der Waals surface area contributed by atoms with Gasteiger partial charge < -0.3 is 5.11 Å². The summed E-state index contributed by atoms with van der Waals surface area (Å²) in [5, 5.41) is 10.1. The van der Waals surface area contributed by atoms with Gasteiger partial charge in [-0.2, -0.15) is 13.2 Å². The third kappa shape index (κ3) is 3.83. The maximum atomic E-state index is 13.0. The maximum Gasteiger partial charge on any atom is 0.416 e. The van der Waals surface area contributed by atoms with Crippen molar-refractivity contribution in [3.8, 4) is 0 Å². The second-order valence-corrected chi connectivity index (χ2v) is 5.39. The van der Waals surface area contributed by atoms with E-state index in [2.05, 4.69) is 15.9 Å². The van der Waals surface area contributed by atoms with Gasteiger partial charge in [0.1, 0.15) is 5.82 Å². The van der Waals surface area contributed by atoms with Gasteiger partial charge in [-0.1, -0.05) is 40.2 Å². The molecule has 2 aromatic rings. The molecule has 0 aliphatic carbocycles. The lowest BCUT2D eigenvalue weighted by Crippen LogP contribution is -2.13. The Morgan fingerprint density at radius 2 is 1.76 bits per heavy atom. The zero-order valence-electron chi connectivity index (χ0n) is 10.7. The first-order valence-electron chi connectivity index (χ1n) is 6.07. The highest BCUT2D eigenvalue weighted by Crippen LogP contribution is 2.36. The maximum absolute atomic E-state index is 13.0. The summed E-state index contributed by atoms with van der Waals surface area (Å²) in [6.45, 7) is 0. The van der Waals surface area contributed by atoms with Gasteiger partial charge in [0.25, 0.3) is 0 Å². The molecule has 0 aliphatic heterocycles. The zero-order chi connectivity index (χ0) is 15.6. The molecule has 1 nitrogen and oxygen atoms in total. The number of alkyl halides is 3. The lowest BCUT2D eigenvalue weighted by Gasteiger charge is -2.18. The molecule has 0 radical (unpaired) electrons. The number of hydrogen-bond donors (Lipinski definition) is 1. The fraction of sp³-hybridized carbons (Fsp3) is 0.200. The predicted molar refractivity (Wildman–Crippen MR) is 74.2 cm³/mol. The minimum atomic E-state index is -4.53. The van der Waals surface area contributed by atoms with Crippen molar-refractivity contribution in [3.63, 3.8) is 0 Å². The summed E-state index contributed by atoms with van der Waals surface area (Å²) in [4.78, 5) is 0. The first kappa shape index (κ1) is 16.0. The standard InChI is InChI=1S/C15H11BrF4O/c16-13-8-10(17)6-5-9(13)7-14(21)11-3-1-2-4-12(11)15(18,19)20/h1-6,8,14,21H,7H2. The first-order valence-corrected chi connectivity index (χ1v) is 6.86. The van der Waals surface area contributed by atoms with Crippen molar-refractivity contribution in [3.05, 3.63) is 69.4 Å². The number of halogens is 5. The molecule has 1 N–H and O–H groups in total. The summed E-state index contributed by atoms with van der Waals surface area (Å²) < 4.78 is 52.1. The van der Waals surface area contributed by atoms with E-state index < -0.39 is 23.7 Å². The van der Waals surface area contributed by atoms with Crippen molar-refractivity contribution in [2.75, 3.05) is 0 Å². The fourth-order valence-electron chi connectivity index (χ4n) is 2.05. The quantitative estimate of drug-likeness (QED) is 0.771. The molecule has 0 amide bonds. The van der Waals surface area contributed by atoms with Gasteiger partial charge >= 0.3 is 6.18 Å². The third-order valence-corrected chi connectivity index (χ3v) is 3.79. The van der Waals surface area contributed by atoms with Gasteiger partial charge in [0.15, 0.2) is 0 Å². The lowest BCUT2D eigenvalue weighted by molar-refractivity contribution is -0.139. The van der Waals surface area contributed by atoms with Crippen LogP contribution in [0.5, 0.6) is 0 Å². The third-order valence-electron chi connectivity index (χ3n) is 3.05. The largest absolute Gasteiger partial charge is 0.416 e. The second kappa shape index (κ2) is 6.15. The van der Waals surface area contributed by atoms with Crippen LogP contribution in [0.25, 0.3) is 0 Å². The normalized spacial score (nSPS) is 13.2. The summed E-state index contributed by atoms with van der Waals surface area (Å²) in [6, 6.07) is 8.71. The Morgan fingerprint density at radius 3 is 2.38 bits per heavy atom. The highest BCUT2D eigenvalue weighted by atomic mass is 79.9. The van der Waals surface area contributed by atoms with Crippen molar-refractivity contribution < 1.29 is 22.7 Å². The Bertz CT molecular complexity index is 640. The summed E-state index contributed by atoms with van der Waals surface area (Å²) in [5.41, 5.74) is -0.530. The highest BCUT2D eigenvalue weighted by Gasteiger charge is 2.34. The van der Waals surface area contributed by atoms with E-state index in [1.165, 1.54) is 36.4 Å². The van der Waals surface area contributed by atoms with Crippen LogP contribution in [0.1, 0.15) is 22.8 Å². The average Bonchev–Trinajstić information content (AvgIpc) is 2.41. The molecule has 6 heteroatoms. The Labute approximate surface area is 127 Å². The van der Waals surface area contributed by atoms with Crippen LogP contribution in [0.4, 0.5) is 17.6 Å². The van der Waals surface area contributed by atoms with Crippen LogP contribution in [-0.2, 0) is 12.6 Å². The van der Waals surface area contributed by atoms with Gasteiger partial charge in [-0.3, -0.25) is 0 Å². The van der Waals surface area contributed by atoms with E-state index in [0.717, 1.165) is 6.07 Å². The molecule has 0 saturated carbocycles. The number of hydrogen-bond acceptors (Lipinski definition) is 1. The van der Waals surface area contributed by atoms with Gasteiger partial charge in [0.05, 0.1) is 11.7 Å². The molecule has 0 aliphatic rings. The van der Waals surface area contributed by atoms with Crippen molar-refractivity contribution in [1.29, 1.82) is 0 Å². The van der Waals surface area contributed by atoms with E-state index in [-0.39, 0.29) is 12.0 Å². The van der Waals surface area contributed by atoms with Crippen LogP contribution in [0, 0.1) is 5.82 Å². The number of rotatable bonds is 3. The molecule has 0 bridgehead atoms. The van der Waals surface area contributed by atoms with Crippen LogP contribution >= 0.6 is 15.9 Å². The first-order chi connectivity index (χ1) is 9.79. The van der Waals surface area contributed by atoms with Gasteiger partial charge in [0, 0.05) is 10.9 Å². The molecule has 0 spiro atoms. The Balaban J connectivity index is 2.31. The van der Waals surface area contributed by atoms with E-state index in [9.17, 15) is 22.7 Å². The summed E-state index contributed by atoms with van der Waals surface area (Å²) >= 11 is 3.13. The molecule has 0 heterocycles. The molecule has 0 fully saturated rings. The van der Waals surface area contributed by atoms with Gasteiger partial charge in [-0.05, 0) is 29.3 Å². The number of aliphatic hydroxyl groups is 1. The van der Waals surface area contributed by atoms with Crippen LogP contribution in [0.2, 0.25) is 0 Å². The minimum Gasteiger partial charge on any atom is -0.388 e. The number of benzene rings is 2. The highest BCUT2D eigenvalue weighted by molar-refractivity contribution is 9.10. The molecular weight excluding hydrogens is 352 g/mol. The molecule has 1 unspecified atom stereocenters. The van der Waals surface area contributed by atoms with Gasteiger partial charge in [0.2, 0.25) is 0 Å². The summed E-state index contributed by atoms with van der Waals surface area (Å²) in [6.07, 6.45) is -5.91. The van der Waals surface area contributed by atoms with E-state index in [1.807, 2.05) is 0 Å². The average molecular weight is 363 g/mol. The Morgan fingerprint density at radius 1 is 1.10 bits per heavy atom. The van der Waals surface area contributed by atoms with Gasteiger partial charge in [-0.15, -0.1) is 0 Å². The van der Waals surface area contributed by atoms with Gasteiger partial charge in [-0.25, -0.2) is 4.39 Å². The van der Waals surface area contributed by atoms with E-state index in [4.69, 9.17) is 0 Å². The SMILES string of the molecule is OC(Cc1ccc(F)cc1Br)c1ccccc1C(F)(F)F. The van der Waals surface area contributed by atoms with Crippen molar-refractivity contribution >= 4 is 15.9 Å². The van der Waals surface area contributed by atoms with Crippen LogP contribution in [-0.4, -0.2) is 5.11 Å². The van der Waals surface area contributed by atoms with Crippen molar-refractivity contribution in [2.24, 2.45) is 0 Å².